The molecule has 7 rings (SSSR count). The van der Waals surface area contributed by atoms with Crippen molar-refractivity contribution in [3.8, 4) is 16.9 Å². The van der Waals surface area contributed by atoms with Crippen LogP contribution in [0.2, 0.25) is 18.1 Å². The van der Waals surface area contributed by atoms with Gasteiger partial charge in [-0.2, -0.15) is 0 Å². The molecule has 5 N–H and O–H groups in total. The number of hydrogen-bond donors (Lipinski definition) is 5. The molecule has 1 saturated carbocycles. The van der Waals surface area contributed by atoms with E-state index in [1.54, 1.807) is 24.1 Å². The Kier molecular flexibility index (Phi) is 15.5. The van der Waals surface area contributed by atoms with E-state index in [2.05, 4.69) is 59.7 Å². The van der Waals surface area contributed by atoms with Crippen molar-refractivity contribution in [1.82, 2.24) is 20.1 Å². The number of para-hydroxylation sites is 1. The number of aromatic nitrogens is 1. The van der Waals surface area contributed by atoms with Crippen molar-refractivity contribution in [3.05, 3.63) is 125 Å². The molecule has 3 amide bonds. The minimum Gasteiger partial charge on any atom is -0.506 e. The summed E-state index contributed by atoms with van der Waals surface area (Å²) < 4.78 is 12.8. The monoisotopic (exact) mass is 914 g/mol. The highest BCUT2D eigenvalue weighted by Gasteiger charge is 2.43. The summed E-state index contributed by atoms with van der Waals surface area (Å²) in [5, 5.41) is 20.7. The molecule has 66 heavy (non-hydrogen) atoms. The van der Waals surface area contributed by atoms with Crippen LogP contribution in [-0.4, -0.2) is 92.0 Å². The van der Waals surface area contributed by atoms with Gasteiger partial charge in [-0.05, 0) is 96.3 Å². The van der Waals surface area contributed by atoms with Gasteiger partial charge in [0.2, 0.25) is 17.4 Å². The van der Waals surface area contributed by atoms with Gasteiger partial charge < -0.3 is 39.7 Å². The Morgan fingerprint density at radius 3 is 2.29 bits per heavy atom. The van der Waals surface area contributed by atoms with Gasteiger partial charge in [0.05, 0.1) is 17.3 Å². The summed E-state index contributed by atoms with van der Waals surface area (Å²) in [6.07, 6.45) is 2.06. The van der Waals surface area contributed by atoms with E-state index in [4.69, 9.17) is 9.16 Å². The Morgan fingerprint density at radius 1 is 0.879 bits per heavy atom. The van der Waals surface area contributed by atoms with Gasteiger partial charge in [0.25, 0.3) is 0 Å². The maximum absolute atomic E-state index is 13.0. The average molecular weight is 915 g/mol. The van der Waals surface area contributed by atoms with Crippen molar-refractivity contribution >= 4 is 48.5 Å². The lowest BCUT2D eigenvalue weighted by Gasteiger charge is -2.39. The third-order valence-electron chi connectivity index (χ3n) is 13.7. The molecule has 1 aliphatic heterocycles. The number of rotatable bonds is 18. The molecule has 2 unspecified atom stereocenters. The molecule has 2 aliphatic rings. The Morgan fingerprint density at radius 2 is 1.58 bits per heavy atom. The summed E-state index contributed by atoms with van der Waals surface area (Å²) >= 11 is 0. The van der Waals surface area contributed by atoms with Gasteiger partial charge in [0, 0.05) is 81.9 Å². The third-order valence-corrected chi connectivity index (χ3v) is 18.2. The lowest BCUT2D eigenvalue weighted by molar-refractivity contribution is -0.130. The van der Waals surface area contributed by atoms with Crippen molar-refractivity contribution in [1.29, 1.82) is 0 Å². The number of hydrogen-bond acceptors (Lipinski definition) is 9. The Hall–Kier alpha value is -5.80. The molecular weight excluding hydrogens is 849 g/mol. The molecule has 1 saturated heterocycles. The number of aromatic hydroxyl groups is 1. The number of pyridine rings is 1. The molecule has 0 radical (unpaired) electrons. The zero-order valence-corrected chi connectivity index (χ0v) is 40.2. The number of H-pyrrole nitrogens is 1. The Labute approximate surface area is 389 Å². The second-order valence-corrected chi connectivity index (χ2v) is 24.3. The number of amides is 3. The average Bonchev–Trinajstić information content (AvgIpc) is 3.84. The Balaban J connectivity index is 0.792. The number of likely N-dealkylation sites (tertiary alicyclic amines) is 1. The van der Waals surface area contributed by atoms with Gasteiger partial charge in [0.1, 0.15) is 11.9 Å². The predicted octanol–water partition coefficient (Wildman–Crippen LogP) is 9.28. The van der Waals surface area contributed by atoms with Gasteiger partial charge in [-0.25, -0.2) is 4.79 Å². The fraction of sp³-hybridized carbons (Fsp3) is 0.423. The van der Waals surface area contributed by atoms with E-state index in [9.17, 15) is 24.3 Å². The summed E-state index contributed by atoms with van der Waals surface area (Å²) in [5.74, 6) is 0.865. The number of carbonyl (C=O) groups excluding carboxylic acids is 3. The van der Waals surface area contributed by atoms with E-state index in [0.717, 1.165) is 59.3 Å². The highest BCUT2D eigenvalue weighted by molar-refractivity contribution is 6.74. The molecule has 2 fully saturated rings. The van der Waals surface area contributed by atoms with E-state index in [-0.39, 0.29) is 40.4 Å². The van der Waals surface area contributed by atoms with Crippen LogP contribution in [0.5, 0.6) is 5.75 Å². The van der Waals surface area contributed by atoms with Crippen molar-refractivity contribution in [3.63, 3.8) is 0 Å². The van der Waals surface area contributed by atoms with E-state index in [1.165, 1.54) is 6.07 Å². The summed E-state index contributed by atoms with van der Waals surface area (Å²) in [6.45, 7) is 15.1. The third kappa shape index (κ3) is 12.3. The second kappa shape index (κ2) is 21.2. The van der Waals surface area contributed by atoms with Gasteiger partial charge in [0.15, 0.2) is 8.32 Å². The first-order chi connectivity index (χ1) is 31.5. The number of carbonyl (C=O) groups is 3. The van der Waals surface area contributed by atoms with E-state index >= 15 is 0 Å². The molecule has 3 atom stereocenters. The van der Waals surface area contributed by atoms with Crippen LogP contribution in [0, 0.1) is 11.8 Å². The van der Waals surface area contributed by atoms with Crippen LogP contribution < -0.4 is 21.5 Å². The molecule has 14 heteroatoms. The molecule has 2 heterocycles. The van der Waals surface area contributed by atoms with Crippen LogP contribution in [0.4, 0.5) is 16.2 Å². The first-order valence-corrected chi connectivity index (χ1v) is 26.1. The number of benzene rings is 4. The number of anilines is 2. The van der Waals surface area contributed by atoms with E-state index < -0.39 is 14.4 Å². The van der Waals surface area contributed by atoms with E-state index in [1.807, 2.05) is 84.9 Å². The lowest BCUT2D eigenvalue weighted by Crippen LogP contribution is -2.43. The minimum absolute atomic E-state index is 0.0153. The maximum atomic E-state index is 13.0. The number of aromatic amines is 1. The standard InChI is InChI=1S/C52H66N6O7Si/c1-52(2,3)66(5,6)65-46(42-22-24-45(59)50-43(42)23-25-48(61)56-50)32-53-31-35-18-20-39(21-19-35)54-47(60)17-12-27-57(4)49(62)26-28-58-33-37-29-40(30-38(37)34-58)64-51(63)55-44-16-11-10-15-41(44)36-13-8-7-9-14-36/h7-11,13-16,18-25,37-38,40,46,53,59H,12,17,26-34H2,1-6H3,(H,54,60)(H,55,63)(H,56,61)/t37?,38?,40?,46-/m0/s1. The van der Waals surface area contributed by atoms with Crippen molar-refractivity contribution < 1.29 is 28.7 Å². The molecule has 1 aromatic heterocycles. The summed E-state index contributed by atoms with van der Waals surface area (Å²) in [5.41, 5.74) is 5.45. The van der Waals surface area contributed by atoms with Crippen molar-refractivity contribution in [2.45, 2.75) is 89.8 Å². The number of fused-ring (bicyclic) bond motifs is 2. The topological polar surface area (TPSA) is 165 Å². The zero-order valence-electron chi connectivity index (χ0n) is 39.2. The highest BCUT2D eigenvalue weighted by atomic mass is 28.4. The van der Waals surface area contributed by atoms with Gasteiger partial charge >= 0.3 is 6.09 Å². The molecule has 1 aliphatic carbocycles. The van der Waals surface area contributed by atoms with E-state index in [0.29, 0.717) is 68.5 Å². The minimum atomic E-state index is -2.22. The summed E-state index contributed by atoms with van der Waals surface area (Å²) in [6, 6.07) is 32.1. The first-order valence-electron chi connectivity index (χ1n) is 23.2. The molecular formula is C52H66N6O7Si. The molecule has 0 spiro atoms. The molecule has 5 aromatic rings. The van der Waals surface area contributed by atoms with Crippen molar-refractivity contribution in [2.24, 2.45) is 11.8 Å². The first kappa shape index (κ1) is 48.1. The smallest absolute Gasteiger partial charge is 0.411 e. The van der Waals surface area contributed by atoms with Gasteiger partial charge in [-0.1, -0.05) is 87.5 Å². The fourth-order valence-corrected chi connectivity index (χ4v) is 10.3. The van der Waals surface area contributed by atoms with Gasteiger partial charge in [-0.3, -0.25) is 19.7 Å². The number of ether oxygens (including phenoxy) is 1. The van der Waals surface area contributed by atoms with Gasteiger partial charge in [-0.15, -0.1) is 0 Å². The van der Waals surface area contributed by atoms with Crippen LogP contribution >= 0.6 is 0 Å². The van der Waals surface area contributed by atoms with Crippen LogP contribution in [-0.2, 0) is 25.3 Å². The zero-order chi connectivity index (χ0) is 47.0. The highest BCUT2D eigenvalue weighted by Crippen LogP contribution is 2.42. The Bertz CT molecular complexity index is 2510. The summed E-state index contributed by atoms with van der Waals surface area (Å²) in [7, 11) is -0.419. The number of phenols is 1. The molecule has 0 bridgehead atoms. The number of nitrogens with zero attached hydrogens (tertiary/aromatic N) is 2. The largest absolute Gasteiger partial charge is 0.506 e. The SMILES string of the molecule is CN(CCCC(=O)Nc1ccc(CNC[C@H](O[Si](C)(C)C(C)(C)C)c2ccc(O)c3[nH]c(=O)ccc23)cc1)C(=O)CCN1CC2CC(OC(=O)Nc3ccccc3-c3ccccc3)CC2C1. The quantitative estimate of drug-likeness (QED) is 0.0539. The normalized spacial score (nSPS) is 17.9. The predicted molar refractivity (Wildman–Crippen MR) is 264 cm³/mol. The molecule has 13 nitrogen and oxygen atoms in total. The second-order valence-electron chi connectivity index (χ2n) is 19.5. The summed E-state index contributed by atoms with van der Waals surface area (Å²) in [4.78, 5) is 57.8. The fourth-order valence-electron chi connectivity index (χ4n) is 8.98. The van der Waals surface area contributed by atoms with Crippen molar-refractivity contribution in [2.75, 3.05) is 50.4 Å². The number of phenolic OH excluding ortho intramolecular Hbond substituents is 1. The van der Waals surface area contributed by atoms with Crippen LogP contribution in [0.15, 0.2) is 108 Å². The molecule has 4 aromatic carbocycles. The molecule has 350 valence electrons. The lowest BCUT2D eigenvalue weighted by atomic mass is 10.0. The van der Waals surface area contributed by atoms with Crippen LogP contribution in [0.25, 0.3) is 22.0 Å². The number of nitrogens with one attached hydrogen (secondary N) is 4. The van der Waals surface area contributed by atoms with Crippen LogP contribution in [0.1, 0.15) is 70.1 Å². The maximum Gasteiger partial charge on any atom is 0.411 e. The van der Waals surface area contributed by atoms with Crippen LogP contribution in [0.3, 0.4) is 0 Å².